The minimum atomic E-state index is -4.59. The Kier molecular flexibility index (Phi) is 4.51. The zero-order valence-corrected chi connectivity index (χ0v) is 14.8. The predicted octanol–water partition coefficient (Wildman–Crippen LogP) is 3.20. The van der Waals surface area contributed by atoms with Gasteiger partial charge in [-0.15, -0.1) is 11.3 Å². The molecule has 4 rings (SSSR count). The third kappa shape index (κ3) is 3.43. The van der Waals surface area contributed by atoms with E-state index >= 15 is 0 Å². The number of rotatable bonds is 4. The molecule has 0 saturated carbocycles. The molecular formula is C17H11F3N6OS. The fourth-order valence-corrected chi connectivity index (χ4v) is 3.39. The van der Waals surface area contributed by atoms with Crippen LogP contribution in [0.3, 0.4) is 0 Å². The number of alkyl halides is 3. The number of nitrogens with one attached hydrogen (secondary N) is 1. The van der Waals surface area contributed by atoms with E-state index in [1.54, 1.807) is 29.2 Å². The molecule has 0 radical (unpaired) electrons. The van der Waals surface area contributed by atoms with Crippen molar-refractivity contribution in [3.05, 3.63) is 65.3 Å². The van der Waals surface area contributed by atoms with Gasteiger partial charge < -0.3 is 5.32 Å². The van der Waals surface area contributed by atoms with Crippen LogP contribution in [0, 0.1) is 0 Å². The Bertz CT molecular complexity index is 1150. The van der Waals surface area contributed by atoms with Crippen LogP contribution < -0.4 is 5.32 Å². The molecule has 0 aliphatic heterocycles. The average Bonchev–Trinajstić information content (AvgIpc) is 3.32. The number of pyridine rings is 1. The van der Waals surface area contributed by atoms with Crippen molar-refractivity contribution in [1.82, 2.24) is 29.9 Å². The molecule has 0 aliphatic rings. The van der Waals surface area contributed by atoms with E-state index in [2.05, 4.69) is 25.4 Å². The summed E-state index contributed by atoms with van der Waals surface area (Å²) in [6.45, 7) is -0.313. The van der Waals surface area contributed by atoms with Crippen LogP contribution in [0.15, 0.2) is 48.4 Å². The first-order valence-electron chi connectivity index (χ1n) is 7.97. The molecule has 0 saturated heterocycles. The molecule has 1 amide bonds. The Balaban J connectivity index is 1.52. The Morgan fingerprint density at radius 2 is 2.04 bits per heavy atom. The largest absolute Gasteiger partial charge is 0.433 e. The smallest absolute Gasteiger partial charge is 0.347 e. The maximum absolute atomic E-state index is 13.0. The van der Waals surface area contributed by atoms with Crippen LogP contribution in [0.4, 0.5) is 13.2 Å². The lowest BCUT2D eigenvalue weighted by Gasteiger charge is -2.11. The third-order valence-corrected chi connectivity index (χ3v) is 4.72. The minimum Gasteiger partial charge on any atom is -0.347 e. The molecule has 7 nitrogen and oxygen atoms in total. The Labute approximate surface area is 159 Å². The number of aromatic nitrogens is 5. The number of nitrogens with zero attached hydrogens (tertiary/aromatic N) is 5. The summed E-state index contributed by atoms with van der Waals surface area (Å²) in [4.78, 5) is 24.2. The fraction of sp³-hybridized carbons (Fsp3) is 0.118. The van der Waals surface area contributed by atoms with Gasteiger partial charge in [0.15, 0.2) is 5.65 Å². The highest BCUT2D eigenvalue weighted by Crippen LogP contribution is 2.30. The molecule has 4 aromatic rings. The summed E-state index contributed by atoms with van der Waals surface area (Å²) in [5.74, 6) is -0.580. The normalized spacial score (nSPS) is 11.7. The summed E-state index contributed by atoms with van der Waals surface area (Å²) in [6.07, 6.45) is 1.41. The highest BCUT2D eigenvalue weighted by atomic mass is 32.1. The monoisotopic (exact) mass is 404 g/mol. The van der Waals surface area contributed by atoms with Crippen molar-refractivity contribution in [3.8, 4) is 10.6 Å². The molecule has 0 fully saturated rings. The molecular weight excluding hydrogens is 393 g/mol. The van der Waals surface area contributed by atoms with Crippen molar-refractivity contribution in [2.45, 2.75) is 12.7 Å². The number of carbonyl (C=O) groups is 1. The van der Waals surface area contributed by atoms with Gasteiger partial charge in [0.1, 0.15) is 16.4 Å². The molecule has 0 aromatic carbocycles. The second kappa shape index (κ2) is 7.00. The number of hydrogen-bond donors (Lipinski definition) is 1. The number of thiazole rings is 1. The lowest BCUT2D eigenvalue weighted by molar-refractivity contribution is -0.141. The van der Waals surface area contributed by atoms with Gasteiger partial charge >= 0.3 is 6.18 Å². The first-order chi connectivity index (χ1) is 13.4. The van der Waals surface area contributed by atoms with Crippen LogP contribution in [0.5, 0.6) is 0 Å². The lowest BCUT2D eigenvalue weighted by atomic mass is 10.2. The van der Waals surface area contributed by atoms with E-state index in [9.17, 15) is 18.0 Å². The number of amides is 1. The van der Waals surface area contributed by atoms with Gasteiger partial charge in [0.05, 0.1) is 11.8 Å². The third-order valence-electron chi connectivity index (χ3n) is 3.85. The number of hydrogen-bond acceptors (Lipinski definition) is 6. The van der Waals surface area contributed by atoms with Crippen molar-refractivity contribution in [3.63, 3.8) is 0 Å². The number of carbonyl (C=O) groups excluding carboxylic acids is 1. The Hall–Kier alpha value is -3.34. The van der Waals surface area contributed by atoms with Crippen LogP contribution >= 0.6 is 11.3 Å². The van der Waals surface area contributed by atoms with Gasteiger partial charge in [-0.3, -0.25) is 9.78 Å². The van der Waals surface area contributed by atoms with Gasteiger partial charge in [0, 0.05) is 36.1 Å². The van der Waals surface area contributed by atoms with E-state index in [4.69, 9.17) is 0 Å². The van der Waals surface area contributed by atoms with Gasteiger partial charge in [-0.25, -0.2) is 14.5 Å². The maximum atomic E-state index is 13.0. The van der Waals surface area contributed by atoms with Crippen molar-refractivity contribution in [2.24, 2.45) is 0 Å². The van der Waals surface area contributed by atoms with E-state index in [0.29, 0.717) is 16.2 Å². The number of fused-ring (bicyclic) bond motifs is 1. The molecule has 4 heterocycles. The van der Waals surface area contributed by atoms with E-state index < -0.39 is 17.8 Å². The molecule has 142 valence electrons. The lowest BCUT2D eigenvalue weighted by Crippen LogP contribution is -2.25. The Morgan fingerprint density at radius 1 is 1.21 bits per heavy atom. The first kappa shape index (κ1) is 18.0. The van der Waals surface area contributed by atoms with Gasteiger partial charge in [-0.2, -0.15) is 18.3 Å². The van der Waals surface area contributed by atoms with Crippen LogP contribution in [-0.4, -0.2) is 30.5 Å². The van der Waals surface area contributed by atoms with E-state index in [-0.39, 0.29) is 17.8 Å². The number of halogens is 3. The van der Waals surface area contributed by atoms with Crippen LogP contribution in [0.25, 0.3) is 16.2 Å². The summed E-state index contributed by atoms with van der Waals surface area (Å²) >= 11 is 1.22. The fourth-order valence-electron chi connectivity index (χ4n) is 2.58. The minimum absolute atomic E-state index is 0.104. The van der Waals surface area contributed by atoms with Crippen LogP contribution in [0.2, 0.25) is 0 Å². The average molecular weight is 404 g/mol. The van der Waals surface area contributed by atoms with Crippen molar-refractivity contribution in [2.75, 3.05) is 0 Å². The summed E-state index contributed by atoms with van der Waals surface area (Å²) in [5, 5.41) is 8.69. The maximum Gasteiger partial charge on any atom is 0.433 e. The van der Waals surface area contributed by atoms with Crippen molar-refractivity contribution >= 4 is 22.9 Å². The molecule has 0 atom stereocenters. The van der Waals surface area contributed by atoms with Crippen molar-refractivity contribution in [1.29, 1.82) is 0 Å². The topological polar surface area (TPSA) is 85.1 Å². The molecule has 1 N–H and O–H groups in total. The van der Waals surface area contributed by atoms with Gasteiger partial charge in [-0.1, -0.05) is 6.07 Å². The van der Waals surface area contributed by atoms with E-state index in [0.717, 1.165) is 6.20 Å². The molecule has 0 unspecified atom stereocenters. The molecule has 28 heavy (non-hydrogen) atoms. The molecule has 4 aromatic heterocycles. The van der Waals surface area contributed by atoms with Gasteiger partial charge in [-0.05, 0) is 12.1 Å². The second-order valence-electron chi connectivity index (χ2n) is 5.68. The van der Waals surface area contributed by atoms with Gasteiger partial charge in [0.2, 0.25) is 0 Å². The standard InChI is InChI=1S/C17H11F3N6OS/c18-17(19,20)13-10(3-1-4-21-13)7-23-15(27)12-9-28-16(25-12)11-8-24-26-6-2-5-22-14(11)26/h1-6,8-9H,7H2,(H,23,27). The van der Waals surface area contributed by atoms with Crippen molar-refractivity contribution < 1.29 is 18.0 Å². The highest BCUT2D eigenvalue weighted by Gasteiger charge is 2.35. The molecule has 0 bridgehead atoms. The Morgan fingerprint density at radius 3 is 2.86 bits per heavy atom. The van der Waals surface area contributed by atoms with Crippen LogP contribution in [0.1, 0.15) is 21.7 Å². The SMILES string of the molecule is O=C(NCc1cccnc1C(F)(F)F)c1csc(-c2cnn3cccnc23)n1. The second-order valence-corrected chi connectivity index (χ2v) is 6.53. The predicted molar refractivity (Wildman–Crippen MR) is 94.5 cm³/mol. The first-order valence-corrected chi connectivity index (χ1v) is 8.85. The molecule has 0 spiro atoms. The van der Waals surface area contributed by atoms with E-state index in [1.807, 2.05) is 0 Å². The summed E-state index contributed by atoms with van der Waals surface area (Å²) in [7, 11) is 0. The van der Waals surface area contributed by atoms with E-state index in [1.165, 1.54) is 28.8 Å². The van der Waals surface area contributed by atoms with Gasteiger partial charge in [0.25, 0.3) is 5.91 Å². The summed E-state index contributed by atoms with van der Waals surface area (Å²) in [6, 6.07) is 4.39. The molecule has 0 aliphatic carbocycles. The zero-order chi connectivity index (χ0) is 19.7. The van der Waals surface area contributed by atoms with Crippen LogP contribution in [-0.2, 0) is 12.7 Å². The summed E-state index contributed by atoms with van der Waals surface area (Å²) in [5.41, 5.74) is 0.218. The highest BCUT2D eigenvalue weighted by molar-refractivity contribution is 7.13. The molecule has 11 heteroatoms. The quantitative estimate of drug-likeness (QED) is 0.565. The zero-order valence-electron chi connectivity index (χ0n) is 14.0. The summed E-state index contributed by atoms with van der Waals surface area (Å²) < 4.78 is 40.5.